The van der Waals surface area contributed by atoms with E-state index in [-0.39, 0.29) is 0 Å². The van der Waals surface area contributed by atoms with Crippen LogP contribution in [0, 0.1) is 0 Å². The smallest absolute Gasteiger partial charge is 0.450 e. The summed E-state index contributed by atoms with van der Waals surface area (Å²) in [5.74, 6) is 0. The van der Waals surface area contributed by atoms with Crippen LogP contribution in [0.25, 0.3) is 0 Å². The highest BCUT2D eigenvalue weighted by Gasteiger charge is 1.88. The highest BCUT2D eigenvalue weighted by Crippen LogP contribution is 2.08. The van der Waals surface area contributed by atoms with E-state index >= 15 is 0 Å². The van der Waals surface area contributed by atoms with Crippen molar-refractivity contribution in [1.29, 1.82) is 0 Å². The standard InChI is InChI=1S/C11H24.CH2O3/c1-3-5-7-9-11-10-8-6-4-2;2-1(3)4/h3-11H2,1-2H3;(H2,2,3,4). The van der Waals surface area contributed by atoms with Gasteiger partial charge in [0, 0.05) is 0 Å². The van der Waals surface area contributed by atoms with Crippen molar-refractivity contribution in [2.75, 3.05) is 0 Å². The Bertz CT molecular complexity index is 112. The summed E-state index contributed by atoms with van der Waals surface area (Å²) in [7, 11) is 0. The number of carbonyl (C=O) groups is 1. The fourth-order valence-electron chi connectivity index (χ4n) is 1.38. The van der Waals surface area contributed by atoms with Gasteiger partial charge in [0.25, 0.3) is 0 Å². The van der Waals surface area contributed by atoms with Crippen LogP contribution >= 0.6 is 0 Å². The largest absolute Gasteiger partial charge is 0.503 e. The van der Waals surface area contributed by atoms with Gasteiger partial charge in [-0.2, -0.15) is 0 Å². The molecule has 2 N–H and O–H groups in total. The molecule has 0 heterocycles. The average molecular weight is 218 g/mol. The van der Waals surface area contributed by atoms with Crippen LogP contribution in [0.3, 0.4) is 0 Å². The molecule has 3 heteroatoms. The Hall–Kier alpha value is -0.730. The monoisotopic (exact) mass is 218 g/mol. The Labute approximate surface area is 93.5 Å². The van der Waals surface area contributed by atoms with Crippen LogP contribution in [0.5, 0.6) is 0 Å². The van der Waals surface area contributed by atoms with Gasteiger partial charge in [0.15, 0.2) is 0 Å². The third-order valence-electron chi connectivity index (χ3n) is 2.21. The van der Waals surface area contributed by atoms with Gasteiger partial charge in [0.2, 0.25) is 0 Å². The van der Waals surface area contributed by atoms with E-state index in [1.54, 1.807) is 0 Å². The topological polar surface area (TPSA) is 57.5 Å². The van der Waals surface area contributed by atoms with Gasteiger partial charge in [-0.1, -0.05) is 71.6 Å². The summed E-state index contributed by atoms with van der Waals surface area (Å²) in [6.07, 6.45) is 11.1. The predicted octanol–water partition coefficient (Wildman–Crippen LogP) is 4.76. The van der Waals surface area contributed by atoms with Gasteiger partial charge in [-0.15, -0.1) is 0 Å². The second-order valence-corrected chi connectivity index (χ2v) is 3.76. The van der Waals surface area contributed by atoms with Crippen molar-refractivity contribution in [2.24, 2.45) is 0 Å². The molecule has 0 aromatic rings. The maximum absolute atomic E-state index is 8.56. The molecular formula is C12H26O3. The molecule has 0 bridgehead atoms. The first-order valence-electron chi connectivity index (χ1n) is 6.07. The van der Waals surface area contributed by atoms with E-state index in [0.717, 1.165) is 0 Å². The van der Waals surface area contributed by atoms with E-state index < -0.39 is 6.16 Å². The van der Waals surface area contributed by atoms with Crippen LogP contribution in [-0.4, -0.2) is 16.4 Å². The summed E-state index contributed by atoms with van der Waals surface area (Å²) < 4.78 is 0. The summed E-state index contributed by atoms with van der Waals surface area (Å²) >= 11 is 0. The summed E-state index contributed by atoms with van der Waals surface area (Å²) in [6.45, 7) is 4.55. The minimum atomic E-state index is -1.83. The maximum atomic E-state index is 8.56. The minimum Gasteiger partial charge on any atom is -0.450 e. The summed E-state index contributed by atoms with van der Waals surface area (Å²) in [4.78, 5) is 8.56. The van der Waals surface area contributed by atoms with E-state index in [0.29, 0.717) is 0 Å². The van der Waals surface area contributed by atoms with E-state index in [9.17, 15) is 0 Å². The van der Waals surface area contributed by atoms with Gasteiger partial charge in [-0.3, -0.25) is 0 Å². The molecule has 0 saturated carbocycles. The zero-order chi connectivity index (χ0) is 11.9. The second-order valence-electron chi connectivity index (χ2n) is 3.76. The number of carboxylic acid groups (broad SMARTS) is 2. The zero-order valence-corrected chi connectivity index (χ0v) is 10.2. The Morgan fingerprint density at radius 1 is 0.733 bits per heavy atom. The molecule has 0 aromatic heterocycles. The maximum Gasteiger partial charge on any atom is 0.503 e. The van der Waals surface area contributed by atoms with E-state index in [4.69, 9.17) is 15.0 Å². The van der Waals surface area contributed by atoms with Crippen molar-refractivity contribution in [3.8, 4) is 0 Å². The lowest BCUT2D eigenvalue weighted by molar-refractivity contribution is 0.137. The van der Waals surface area contributed by atoms with E-state index in [1.807, 2.05) is 0 Å². The number of hydrogen-bond acceptors (Lipinski definition) is 1. The van der Waals surface area contributed by atoms with Crippen molar-refractivity contribution in [3.05, 3.63) is 0 Å². The Morgan fingerprint density at radius 3 is 1.13 bits per heavy atom. The van der Waals surface area contributed by atoms with Gasteiger partial charge in [0.05, 0.1) is 0 Å². The molecule has 0 radical (unpaired) electrons. The summed E-state index contributed by atoms with van der Waals surface area (Å²) in [6, 6.07) is 0. The number of hydrogen-bond donors (Lipinski definition) is 2. The lowest BCUT2D eigenvalue weighted by Crippen LogP contribution is -1.81. The zero-order valence-electron chi connectivity index (χ0n) is 10.2. The molecule has 0 amide bonds. The Morgan fingerprint density at radius 2 is 0.933 bits per heavy atom. The lowest BCUT2D eigenvalue weighted by atomic mass is 10.1. The molecule has 92 valence electrons. The van der Waals surface area contributed by atoms with Gasteiger partial charge >= 0.3 is 6.16 Å². The van der Waals surface area contributed by atoms with Crippen LogP contribution in [0.15, 0.2) is 0 Å². The molecule has 0 aliphatic heterocycles. The normalized spacial score (nSPS) is 9.20. The molecule has 0 atom stereocenters. The molecule has 0 saturated heterocycles. The van der Waals surface area contributed by atoms with Crippen molar-refractivity contribution < 1.29 is 15.0 Å². The third kappa shape index (κ3) is 31.9. The molecule has 0 aromatic carbocycles. The SMILES string of the molecule is CCCCCCCCCCC.O=C(O)O. The van der Waals surface area contributed by atoms with Gasteiger partial charge in [0.1, 0.15) is 0 Å². The summed E-state index contributed by atoms with van der Waals surface area (Å²) in [5, 5.41) is 13.9. The van der Waals surface area contributed by atoms with Crippen molar-refractivity contribution in [1.82, 2.24) is 0 Å². The van der Waals surface area contributed by atoms with Crippen LogP contribution < -0.4 is 0 Å². The molecule has 0 aliphatic carbocycles. The van der Waals surface area contributed by atoms with Crippen LogP contribution in [-0.2, 0) is 0 Å². The van der Waals surface area contributed by atoms with E-state index in [2.05, 4.69) is 13.8 Å². The molecule has 0 unspecified atom stereocenters. The van der Waals surface area contributed by atoms with Crippen molar-refractivity contribution in [2.45, 2.75) is 71.6 Å². The Kier molecular flexibility index (Phi) is 17.5. The lowest BCUT2D eigenvalue weighted by Gasteiger charge is -1.98. The number of unbranched alkanes of at least 4 members (excludes halogenated alkanes) is 8. The predicted molar refractivity (Wildman–Crippen MR) is 63.6 cm³/mol. The first-order chi connectivity index (χ1) is 7.15. The molecule has 3 nitrogen and oxygen atoms in total. The quantitative estimate of drug-likeness (QED) is 0.577. The fraction of sp³-hybridized carbons (Fsp3) is 0.917. The first-order valence-corrected chi connectivity index (χ1v) is 6.07. The van der Waals surface area contributed by atoms with Crippen LogP contribution in [0.2, 0.25) is 0 Å². The number of rotatable bonds is 8. The highest BCUT2D eigenvalue weighted by molar-refractivity contribution is 5.53. The second kappa shape index (κ2) is 15.7. The Balaban J connectivity index is 0. The molecule has 15 heavy (non-hydrogen) atoms. The molecule has 0 fully saturated rings. The van der Waals surface area contributed by atoms with Crippen LogP contribution in [0.1, 0.15) is 71.6 Å². The highest BCUT2D eigenvalue weighted by atomic mass is 16.6. The average Bonchev–Trinajstić information content (AvgIpc) is 2.16. The van der Waals surface area contributed by atoms with Crippen molar-refractivity contribution >= 4 is 6.16 Å². The minimum absolute atomic E-state index is 1.37. The van der Waals surface area contributed by atoms with Gasteiger partial charge < -0.3 is 10.2 Å². The van der Waals surface area contributed by atoms with Gasteiger partial charge in [-0.05, 0) is 0 Å². The fourth-order valence-corrected chi connectivity index (χ4v) is 1.38. The summed E-state index contributed by atoms with van der Waals surface area (Å²) in [5.41, 5.74) is 0. The molecule has 0 rings (SSSR count). The molecule has 0 aliphatic rings. The van der Waals surface area contributed by atoms with Gasteiger partial charge in [-0.25, -0.2) is 4.79 Å². The molecular weight excluding hydrogens is 192 g/mol. The first kappa shape index (κ1) is 16.7. The van der Waals surface area contributed by atoms with E-state index in [1.165, 1.54) is 57.8 Å². The third-order valence-corrected chi connectivity index (χ3v) is 2.21. The molecule has 0 spiro atoms. The van der Waals surface area contributed by atoms with Crippen LogP contribution in [0.4, 0.5) is 4.79 Å². The van der Waals surface area contributed by atoms with Crippen molar-refractivity contribution in [3.63, 3.8) is 0 Å².